The summed E-state index contributed by atoms with van der Waals surface area (Å²) in [6.07, 6.45) is 0.304. The van der Waals surface area contributed by atoms with Crippen molar-refractivity contribution in [2.75, 3.05) is 0 Å². The van der Waals surface area contributed by atoms with Crippen LogP contribution in [0.4, 0.5) is 0 Å². The maximum atomic E-state index is 11.7. The van der Waals surface area contributed by atoms with Crippen molar-refractivity contribution < 1.29 is 14.7 Å². The number of carbonyl (C=O) groups is 2. The Kier molecular flexibility index (Phi) is 2.91. The third-order valence-electron chi connectivity index (χ3n) is 2.74. The minimum atomic E-state index is -1.06. The Morgan fingerprint density at radius 1 is 1.06 bits per heavy atom. The fraction of sp³-hybridized carbons (Fsp3) is 0.143. The van der Waals surface area contributed by atoms with Crippen molar-refractivity contribution in [2.24, 2.45) is 0 Å². The third kappa shape index (κ3) is 2.04. The molecule has 2 rings (SSSR count). The first-order valence-electron chi connectivity index (χ1n) is 5.42. The predicted octanol–water partition coefficient (Wildman–Crippen LogP) is 3.13. The molecule has 0 aliphatic carbocycles. The second-order valence-corrected chi connectivity index (χ2v) is 3.83. The molecule has 17 heavy (non-hydrogen) atoms. The Morgan fingerprint density at radius 2 is 1.59 bits per heavy atom. The Labute approximate surface area is 98.7 Å². The van der Waals surface area contributed by atoms with Gasteiger partial charge in [0.05, 0.1) is 5.56 Å². The average molecular weight is 228 g/mol. The first kappa shape index (κ1) is 11.3. The van der Waals surface area contributed by atoms with Crippen LogP contribution >= 0.6 is 0 Å². The highest BCUT2D eigenvalue weighted by atomic mass is 16.4. The second-order valence-electron chi connectivity index (χ2n) is 3.83. The Hall–Kier alpha value is -2.16. The highest BCUT2D eigenvalue weighted by Gasteiger charge is 2.16. The largest absolute Gasteiger partial charge is 0.478 e. The van der Waals surface area contributed by atoms with Gasteiger partial charge in [-0.25, -0.2) is 4.79 Å². The molecule has 0 unspecified atom stereocenters. The van der Waals surface area contributed by atoms with Crippen LogP contribution in [0.5, 0.6) is 0 Å². The average Bonchev–Trinajstić information content (AvgIpc) is 2.36. The van der Waals surface area contributed by atoms with Gasteiger partial charge in [0.1, 0.15) is 0 Å². The number of Topliss-reactive ketones (excluding diaryl/α,β-unsaturated/α-hetero) is 1. The van der Waals surface area contributed by atoms with Gasteiger partial charge in [-0.2, -0.15) is 0 Å². The molecule has 0 aliphatic rings. The quantitative estimate of drug-likeness (QED) is 0.821. The fourth-order valence-corrected chi connectivity index (χ4v) is 1.84. The highest BCUT2D eigenvalue weighted by molar-refractivity contribution is 6.09. The van der Waals surface area contributed by atoms with Crippen molar-refractivity contribution >= 4 is 22.5 Å². The lowest BCUT2D eigenvalue weighted by Gasteiger charge is -2.06. The molecule has 0 fully saturated rings. The summed E-state index contributed by atoms with van der Waals surface area (Å²) in [5.41, 5.74) is 0.370. The molecular formula is C14H12O3. The molecule has 0 atom stereocenters. The third-order valence-corrected chi connectivity index (χ3v) is 2.74. The second kappa shape index (κ2) is 4.37. The van der Waals surface area contributed by atoms with Gasteiger partial charge in [0.25, 0.3) is 0 Å². The van der Waals surface area contributed by atoms with Crippen LogP contribution in [-0.2, 0) is 0 Å². The van der Waals surface area contributed by atoms with E-state index in [0.29, 0.717) is 12.0 Å². The lowest BCUT2D eigenvalue weighted by atomic mass is 9.97. The van der Waals surface area contributed by atoms with E-state index in [1.165, 1.54) is 0 Å². The maximum absolute atomic E-state index is 11.7. The van der Waals surface area contributed by atoms with Gasteiger partial charge in [0.2, 0.25) is 0 Å². The normalized spacial score (nSPS) is 10.4. The monoisotopic (exact) mass is 228 g/mol. The summed E-state index contributed by atoms with van der Waals surface area (Å²) < 4.78 is 0. The van der Waals surface area contributed by atoms with Crippen molar-refractivity contribution in [2.45, 2.75) is 13.3 Å². The van der Waals surface area contributed by atoms with Crippen LogP contribution in [0.3, 0.4) is 0 Å². The molecule has 0 spiro atoms. The maximum Gasteiger partial charge on any atom is 0.336 e. The van der Waals surface area contributed by atoms with Gasteiger partial charge in [0.15, 0.2) is 5.78 Å². The first-order valence-corrected chi connectivity index (χ1v) is 5.42. The van der Waals surface area contributed by atoms with E-state index in [-0.39, 0.29) is 11.3 Å². The van der Waals surface area contributed by atoms with E-state index < -0.39 is 5.97 Å². The summed E-state index contributed by atoms with van der Waals surface area (Å²) in [6.45, 7) is 1.73. The van der Waals surface area contributed by atoms with Crippen molar-refractivity contribution in [3.63, 3.8) is 0 Å². The molecule has 3 heteroatoms. The van der Waals surface area contributed by atoms with Gasteiger partial charge in [0, 0.05) is 12.0 Å². The molecule has 0 aliphatic heterocycles. The number of carboxylic acids is 1. The number of carbonyl (C=O) groups excluding carboxylic acids is 1. The summed E-state index contributed by atoms with van der Waals surface area (Å²) in [4.78, 5) is 22.9. The SMILES string of the molecule is CCC(=O)c1cc2ccccc2cc1C(=O)O. The molecule has 2 aromatic rings. The lowest BCUT2D eigenvalue weighted by Crippen LogP contribution is -2.07. The zero-order valence-electron chi connectivity index (χ0n) is 9.43. The van der Waals surface area contributed by atoms with E-state index in [9.17, 15) is 9.59 Å². The topological polar surface area (TPSA) is 54.4 Å². The van der Waals surface area contributed by atoms with Crippen LogP contribution in [0, 0.1) is 0 Å². The van der Waals surface area contributed by atoms with Crippen molar-refractivity contribution in [1.29, 1.82) is 0 Å². The van der Waals surface area contributed by atoms with Gasteiger partial charge in [-0.15, -0.1) is 0 Å². The number of benzene rings is 2. The molecular weight excluding hydrogens is 216 g/mol. The van der Waals surface area contributed by atoms with Crippen molar-refractivity contribution in [3.8, 4) is 0 Å². The molecule has 0 bridgehead atoms. The molecule has 2 aromatic carbocycles. The number of carboxylic acid groups (broad SMARTS) is 1. The van der Waals surface area contributed by atoms with Crippen LogP contribution in [0.1, 0.15) is 34.1 Å². The minimum Gasteiger partial charge on any atom is -0.478 e. The predicted molar refractivity (Wildman–Crippen MR) is 65.5 cm³/mol. The smallest absolute Gasteiger partial charge is 0.336 e. The minimum absolute atomic E-state index is 0.0792. The molecule has 0 heterocycles. The molecule has 0 saturated heterocycles. The molecule has 0 radical (unpaired) electrons. The number of hydrogen-bond acceptors (Lipinski definition) is 2. The van der Waals surface area contributed by atoms with Crippen LogP contribution in [-0.4, -0.2) is 16.9 Å². The molecule has 86 valence electrons. The number of aromatic carboxylic acids is 1. The lowest BCUT2D eigenvalue weighted by molar-refractivity contribution is 0.0692. The molecule has 0 aromatic heterocycles. The zero-order chi connectivity index (χ0) is 12.4. The Bertz CT molecular complexity index is 599. The number of ketones is 1. The van der Waals surface area contributed by atoms with Crippen molar-refractivity contribution in [3.05, 3.63) is 47.5 Å². The van der Waals surface area contributed by atoms with Crippen LogP contribution in [0.15, 0.2) is 36.4 Å². The summed E-state index contributed by atoms with van der Waals surface area (Å²) in [6, 6.07) is 10.6. The van der Waals surface area contributed by atoms with Gasteiger partial charge < -0.3 is 5.11 Å². The van der Waals surface area contributed by atoms with Gasteiger partial charge in [-0.05, 0) is 22.9 Å². The summed E-state index contributed by atoms with van der Waals surface area (Å²) in [5.74, 6) is -1.21. The van der Waals surface area contributed by atoms with E-state index in [4.69, 9.17) is 5.11 Å². The molecule has 0 amide bonds. The molecule has 3 nitrogen and oxygen atoms in total. The van der Waals surface area contributed by atoms with Gasteiger partial charge >= 0.3 is 5.97 Å². The van der Waals surface area contributed by atoms with E-state index in [1.807, 2.05) is 24.3 Å². The number of fused-ring (bicyclic) bond motifs is 1. The van der Waals surface area contributed by atoms with Gasteiger partial charge in [-0.1, -0.05) is 31.2 Å². The Balaban J connectivity index is 2.75. The summed E-state index contributed by atoms with van der Waals surface area (Å²) in [7, 11) is 0. The summed E-state index contributed by atoms with van der Waals surface area (Å²) in [5, 5.41) is 10.8. The zero-order valence-corrected chi connectivity index (χ0v) is 9.43. The van der Waals surface area contributed by atoms with Crippen LogP contribution < -0.4 is 0 Å². The van der Waals surface area contributed by atoms with Crippen LogP contribution in [0.25, 0.3) is 10.8 Å². The Morgan fingerprint density at radius 3 is 2.06 bits per heavy atom. The number of hydrogen-bond donors (Lipinski definition) is 1. The first-order chi connectivity index (χ1) is 8.13. The number of rotatable bonds is 3. The fourth-order valence-electron chi connectivity index (χ4n) is 1.84. The standard InChI is InChI=1S/C14H12O3/c1-2-13(15)11-7-9-5-3-4-6-10(9)8-12(11)14(16)17/h3-8H,2H2,1H3,(H,16,17). The van der Waals surface area contributed by atoms with E-state index in [0.717, 1.165) is 10.8 Å². The van der Waals surface area contributed by atoms with E-state index in [1.54, 1.807) is 19.1 Å². The van der Waals surface area contributed by atoms with E-state index in [2.05, 4.69) is 0 Å². The van der Waals surface area contributed by atoms with E-state index >= 15 is 0 Å². The molecule has 0 saturated carbocycles. The summed E-state index contributed by atoms with van der Waals surface area (Å²) >= 11 is 0. The van der Waals surface area contributed by atoms with Gasteiger partial charge in [-0.3, -0.25) is 4.79 Å². The highest BCUT2D eigenvalue weighted by Crippen LogP contribution is 2.21. The molecule has 1 N–H and O–H groups in total. The van der Waals surface area contributed by atoms with Crippen molar-refractivity contribution in [1.82, 2.24) is 0 Å². The van der Waals surface area contributed by atoms with Crippen LogP contribution in [0.2, 0.25) is 0 Å².